The molecule has 0 radical (unpaired) electrons. The van der Waals surface area contributed by atoms with E-state index in [2.05, 4.69) is 11.4 Å². The van der Waals surface area contributed by atoms with Crippen molar-refractivity contribution in [3.63, 3.8) is 0 Å². The lowest BCUT2D eigenvalue weighted by Gasteiger charge is -2.18. The summed E-state index contributed by atoms with van der Waals surface area (Å²) in [6.07, 6.45) is 19.5. The maximum absolute atomic E-state index is 12.1. The average molecular weight is 523 g/mol. The van der Waals surface area contributed by atoms with E-state index in [0.717, 1.165) is 19.3 Å². The highest BCUT2D eigenvalue weighted by molar-refractivity contribution is 7.46. The molecule has 0 aliphatic carbocycles. The Hall–Kier alpha value is -0.950. The van der Waals surface area contributed by atoms with Crippen LogP contribution in [0, 0.1) is 0 Å². The van der Waals surface area contributed by atoms with Gasteiger partial charge in [0.25, 0.3) is 0 Å². The van der Waals surface area contributed by atoms with Crippen molar-refractivity contribution in [3.05, 3.63) is 0 Å². The van der Waals surface area contributed by atoms with Gasteiger partial charge in [0.05, 0.1) is 6.61 Å². The third kappa shape index (κ3) is 25.9. The van der Waals surface area contributed by atoms with Crippen LogP contribution in [0.1, 0.15) is 136 Å². The number of hydrogen-bond donors (Lipinski definition) is 2. The lowest BCUT2D eigenvalue weighted by Crippen LogP contribution is -2.29. The van der Waals surface area contributed by atoms with Crippen LogP contribution in [0.15, 0.2) is 0 Å². The fraction of sp³-hybridized carbons (Fsp3) is 0.923. The highest BCUT2D eigenvalue weighted by Crippen LogP contribution is 2.35. The Balaban J connectivity index is 3.84. The van der Waals surface area contributed by atoms with Crippen molar-refractivity contribution in [2.24, 2.45) is 0 Å². The lowest BCUT2D eigenvalue weighted by atomic mass is 10.0. The summed E-state index contributed by atoms with van der Waals surface area (Å²) in [7, 11) is -4.71. The molecule has 1 unspecified atom stereocenters. The second kappa shape index (κ2) is 23.4. The molecule has 0 saturated carbocycles. The minimum absolute atomic E-state index is 0.217. The van der Waals surface area contributed by atoms with Gasteiger partial charge in [-0.05, 0) is 12.8 Å². The number of esters is 2. The van der Waals surface area contributed by atoms with E-state index < -0.39 is 32.5 Å². The topological polar surface area (TPSA) is 119 Å². The number of unbranched alkanes of at least 4 members (excludes halogenated alkanes) is 15. The van der Waals surface area contributed by atoms with Gasteiger partial charge in [0, 0.05) is 12.8 Å². The van der Waals surface area contributed by atoms with E-state index in [0.29, 0.717) is 12.8 Å². The first-order valence-corrected chi connectivity index (χ1v) is 15.4. The second-order valence-electron chi connectivity index (χ2n) is 9.38. The number of carbonyl (C=O) groups is 2. The fourth-order valence-corrected chi connectivity index (χ4v) is 4.12. The van der Waals surface area contributed by atoms with Gasteiger partial charge in [0.15, 0.2) is 6.10 Å². The van der Waals surface area contributed by atoms with Crippen molar-refractivity contribution in [1.82, 2.24) is 0 Å². The van der Waals surface area contributed by atoms with Gasteiger partial charge >= 0.3 is 19.8 Å². The molecule has 9 heteroatoms. The average Bonchev–Trinajstić information content (AvgIpc) is 2.81. The molecule has 0 heterocycles. The smallest absolute Gasteiger partial charge is 0.462 e. The van der Waals surface area contributed by atoms with Crippen molar-refractivity contribution in [3.8, 4) is 0 Å². The molecule has 2 N–H and O–H groups in total. The molecule has 35 heavy (non-hydrogen) atoms. The van der Waals surface area contributed by atoms with E-state index in [1.54, 1.807) is 0 Å². The summed E-state index contributed by atoms with van der Waals surface area (Å²) < 4.78 is 25.7. The molecule has 1 atom stereocenters. The number of phosphoric ester groups is 1. The number of rotatable bonds is 25. The van der Waals surface area contributed by atoms with Crippen molar-refractivity contribution < 1.29 is 37.9 Å². The number of ether oxygens (including phenoxy) is 2. The Kier molecular flexibility index (Phi) is 22.8. The third-order valence-electron chi connectivity index (χ3n) is 5.88. The molecule has 0 rings (SSSR count). The zero-order valence-corrected chi connectivity index (χ0v) is 23.1. The number of hydrogen-bond acceptors (Lipinski definition) is 6. The first-order chi connectivity index (χ1) is 16.8. The Morgan fingerprint density at radius 1 is 0.629 bits per heavy atom. The summed E-state index contributed by atoms with van der Waals surface area (Å²) in [6, 6.07) is 0. The molecule has 0 saturated heterocycles. The van der Waals surface area contributed by atoms with Crippen LogP contribution in [0.2, 0.25) is 0 Å². The minimum Gasteiger partial charge on any atom is -0.462 e. The van der Waals surface area contributed by atoms with Gasteiger partial charge in [0.2, 0.25) is 0 Å². The minimum atomic E-state index is -4.71. The number of carbonyl (C=O) groups excluding carboxylic acids is 2. The maximum Gasteiger partial charge on any atom is 0.469 e. The van der Waals surface area contributed by atoms with Crippen LogP contribution >= 0.6 is 7.82 Å². The van der Waals surface area contributed by atoms with Crippen molar-refractivity contribution in [2.45, 2.75) is 142 Å². The molecule has 8 nitrogen and oxygen atoms in total. The number of phosphoric acid groups is 1. The molecule has 0 bridgehead atoms. The predicted octanol–water partition coefficient (Wildman–Crippen LogP) is 7.00. The molecule has 0 fully saturated rings. The van der Waals surface area contributed by atoms with Crippen LogP contribution in [0.5, 0.6) is 0 Å². The summed E-state index contributed by atoms with van der Waals surface area (Å²) >= 11 is 0. The van der Waals surface area contributed by atoms with Gasteiger partial charge in [0.1, 0.15) is 6.61 Å². The van der Waals surface area contributed by atoms with Gasteiger partial charge in [-0.2, -0.15) is 0 Å². The van der Waals surface area contributed by atoms with Crippen LogP contribution in [0.4, 0.5) is 0 Å². The van der Waals surface area contributed by atoms with Crippen LogP contribution in [0.25, 0.3) is 0 Å². The summed E-state index contributed by atoms with van der Waals surface area (Å²) in [5.74, 6) is -0.921. The molecular weight excluding hydrogens is 471 g/mol. The predicted molar refractivity (Wildman–Crippen MR) is 138 cm³/mol. The molecular formula is C26H51O8P. The van der Waals surface area contributed by atoms with E-state index in [1.165, 1.54) is 77.0 Å². The van der Waals surface area contributed by atoms with Crippen LogP contribution in [0.3, 0.4) is 0 Å². The first kappa shape index (κ1) is 34.0. The molecule has 0 aliphatic heterocycles. The largest absolute Gasteiger partial charge is 0.469 e. The molecule has 0 aromatic carbocycles. The maximum atomic E-state index is 12.1. The molecule has 0 aliphatic rings. The van der Waals surface area contributed by atoms with Crippen molar-refractivity contribution in [1.29, 1.82) is 0 Å². The van der Waals surface area contributed by atoms with Gasteiger partial charge in [-0.15, -0.1) is 0 Å². The van der Waals surface area contributed by atoms with E-state index in [1.807, 2.05) is 6.92 Å². The van der Waals surface area contributed by atoms with E-state index in [-0.39, 0.29) is 19.4 Å². The standard InChI is InChI=1S/C26H51O8P/c1-3-5-7-8-9-10-11-12-13-14-15-16-17-18-19-21-26(28)34-24(23-33-35(29,30)31)22-32-25(27)20-6-4-2/h24H,3-23H2,1-2H3,(H2,29,30,31). The highest BCUT2D eigenvalue weighted by Gasteiger charge is 2.22. The van der Waals surface area contributed by atoms with Gasteiger partial charge in [-0.25, -0.2) is 4.57 Å². The molecule has 0 spiro atoms. The summed E-state index contributed by atoms with van der Waals surface area (Å²) in [4.78, 5) is 41.6. The summed E-state index contributed by atoms with van der Waals surface area (Å²) in [5, 5.41) is 0. The molecule has 0 aromatic rings. The van der Waals surface area contributed by atoms with Gasteiger partial charge in [-0.1, -0.05) is 110 Å². The fourth-order valence-electron chi connectivity index (χ4n) is 3.76. The Morgan fingerprint density at radius 3 is 1.51 bits per heavy atom. The van der Waals surface area contributed by atoms with E-state index in [4.69, 9.17) is 19.3 Å². The zero-order valence-electron chi connectivity index (χ0n) is 22.2. The Bertz CT molecular complexity index is 564. The SMILES string of the molecule is CCCCCCCCCCCCCCCCCC(=O)OC(COC(=O)CCCC)COP(=O)(O)O. The first-order valence-electron chi connectivity index (χ1n) is 13.8. The molecule has 208 valence electrons. The normalized spacial score (nSPS) is 12.5. The van der Waals surface area contributed by atoms with Crippen LogP contribution < -0.4 is 0 Å². The van der Waals surface area contributed by atoms with Crippen molar-refractivity contribution in [2.75, 3.05) is 13.2 Å². The molecule has 0 aromatic heterocycles. The quantitative estimate of drug-likeness (QED) is 0.0747. The summed E-state index contributed by atoms with van der Waals surface area (Å²) in [6.45, 7) is 3.38. The van der Waals surface area contributed by atoms with Crippen LogP contribution in [-0.4, -0.2) is 41.0 Å². The second-order valence-corrected chi connectivity index (χ2v) is 10.6. The van der Waals surface area contributed by atoms with Crippen LogP contribution in [-0.2, 0) is 28.2 Å². The Labute approximate surface area is 213 Å². The third-order valence-corrected chi connectivity index (χ3v) is 6.36. The van der Waals surface area contributed by atoms with E-state index >= 15 is 0 Å². The molecule has 0 amide bonds. The highest BCUT2D eigenvalue weighted by atomic mass is 31.2. The zero-order chi connectivity index (χ0) is 26.2. The summed E-state index contributed by atoms with van der Waals surface area (Å²) in [5.41, 5.74) is 0. The monoisotopic (exact) mass is 522 g/mol. The van der Waals surface area contributed by atoms with Gasteiger partial charge in [-0.3, -0.25) is 14.1 Å². The Morgan fingerprint density at radius 2 is 1.06 bits per heavy atom. The van der Waals surface area contributed by atoms with Gasteiger partial charge < -0.3 is 19.3 Å². The van der Waals surface area contributed by atoms with E-state index in [9.17, 15) is 14.2 Å². The van der Waals surface area contributed by atoms with Crippen molar-refractivity contribution >= 4 is 19.8 Å². The lowest BCUT2D eigenvalue weighted by molar-refractivity contribution is -0.161.